The van der Waals surface area contributed by atoms with Gasteiger partial charge in [0, 0.05) is 6.42 Å². The van der Waals surface area contributed by atoms with Crippen molar-refractivity contribution in [3.05, 3.63) is 90.3 Å². The summed E-state index contributed by atoms with van der Waals surface area (Å²) in [6.07, 6.45) is 3.83. The summed E-state index contributed by atoms with van der Waals surface area (Å²) < 4.78 is 25.8. The van der Waals surface area contributed by atoms with Crippen LogP contribution >= 0.6 is 11.3 Å². The van der Waals surface area contributed by atoms with Gasteiger partial charge in [0.15, 0.2) is 11.5 Å². The fourth-order valence-electron chi connectivity index (χ4n) is 3.22. The smallest absolute Gasteiger partial charge is 0.296 e. The minimum absolute atomic E-state index is 0.121. The first kappa shape index (κ1) is 22.6. The Bertz CT molecular complexity index is 1450. The van der Waals surface area contributed by atoms with E-state index in [1.54, 1.807) is 37.5 Å². The van der Waals surface area contributed by atoms with Crippen LogP contribution in [-0.2, 0) is 6.42 Å². The predicted molar refractivity (Wildman–Crippen MR) is 125 cm³/mol. The maximum atomic E-state index is 13.1. The second-order valence-electron chi connectivity index (χ2n) is 7.39. The van der Waals surface area contributed by atoms with Crippen LogP contribution in [0.2, 0.25) is 0 Å². The van der Waals surface area contributed by atoms with Gasteiger partial charge in [-0.15, -0.1) is 0 Å². The van der Waals surface area contributed by atoms with E-state index in [2.05, 4.69) is 17.0 Å². The monoisotopic (exact) mass is 467 g/mol. The molecule has 7 nitrogen and oxygen atoms in total. The Hall–Kier alpha value is -3.59. The van der Waals surface area contributed by atoms with Crippen LogP contribution in [0.3, 0.4) is 0 Å². The van der Waals surface area contributed by atoms with E-state index in [9.17, 15) is 14.0 Å². The Morgan fingerprint density at radius 3 is 2.64 bits per heavy atom. The van der Waals surface area contributed by atoms with Gasteiger partial charge in [0.2, 0.25) is 4.96 Å². The zero-order valence-corrected chi connectivity index (χ0v) is 19.0. The fraction of sp³-hybridized carbons (Fsp3) is 0.250. The molecule has 0 amide bonds. The largest absolute Gasteiger partial charge is 0.493 e. The molecule has 0 aliphatic heterocycles. The molecule has 0 aliphatic carbocycles. The van der Waals surface area contributed by atoms with Crippen LogP contribution in [0.1, 0.15) is 36.6 Å². The van der Waals surface area contributed by atoms with Crippen LogP contribution in [0.15, 0.2) is 52.1 Å². The maximum absolute atomic E-state index is 13.1. The second kappa shape index (κ2) is 9.91. The Labute approximate surface area is 192 Å². The second-order valence-corrected chi connectivity index (χ2v) is 8.40. The molecule has 0 aliphatic rings. The molecule has 9 heteroatoms. The molecule has 2 aromatic carbocycles. The minimum atomic E-state index is -0.512. The quantitative estimate of drug-likeness (QED) is 0.371. The number of hydrogen-bond donors (Lipinski definition) is 0. The molecule has 0 spiro atoms. The van der Waals surface area contributed by atoms with Crippen molar-refractivity contribution >= 4 is 22.4 Å². The number of hydrogen-bond acceptors (Lipinski definition) is 7. The van der Waals surface area contributed by atoms with Crippen LogP contribution in [0.4, 0.5) is 4.39 Å². The van der Waals surface area contributed by atoms with Crippen LogP contribution in [0.25, 0.3) is 11.0 Å². The highest BCUT2D eigenvalue weighted by molar-refractivity contribution is 7.15. The van der Waals surface area contributed by atoms with Gasteiger partial charge in [-0.3, -0.25) is 9.59 Å². The maximum Gasteiger partial charge on any atom is 0.296 e. The Morgan fingerprint density at radius 2 is 1.91 bits per heavy atom. The summed E-state index contributed by atoms with van der Waals surface area (Å²) >= 11 is 1.08. The molecule has 170 valence electrons. The average Bonchev–Trinajstić information content (AvgIpc) is 3.10. The Morgan fingerprint density at radius 1 is 1.12 bits per heavy atom. The lowest BCUT2D eigenvalue weighted by atomic mass is 10.1. The molecule has 0 atom stereocenters. The Balaban J connectivity index is 1.68. The van der Waals surface area contributed by atoms with Crippen molar-refractivity contribution < 1.29 is 13.9 Å². The zero-order chi connectivity index (χ0) is 23.4. The first-order valence-electron chi connectivity index (χ1n) is 10.5. The molecule has 2 aromatic heterocycles. The van der Waals surface area contributed by atoms with Gasteiger partial charge in [0.25, 0.3) is 11.1 Å². The molecule has 2 heterocycles. The van der Waals surface area contributed by atoms with Crippen molar-refractivity contribution in [2.45, 2.75) is 26.2 Å². The van der Waals surface area contributed by atoms with Crippen molar-refractivity contribution in [3.63, 3.8) is 0 Å². The van der Waals surface area contributed by atoms with Gasteiger partial charge in [0.05, 0.1) is 18.2 Å². The standard InChI is InChI=1S/C24H22FN3O4S/c1-3-4-11-32-19-10-7-16(13-20(19)31-2)14-21-23(30)28-24(33-21)26-22(29)18(27-28)12-15-5-8-17(25)9-6-15/h5-10,13-14H,3-4,11-12H2,1-2H3/b21-14-. The summed E-state index contributed by atoms with van der Waals surface area (Å²) in [5.74, 6) is 0.843. The number of fused-ring (bicyclic) bond motifs is 1. The summed E-state index contributed by atoms with van der Waals surface area (Å²) in [6.45, 7) is 2.69. The molecule has 4 aromatic rings. The molecular weight excluding hydrogens is 445 g/mol. The summed E-state index contributed by atoms with van der Waals surface area (Å²) in [6, 6.07) is 11.2. The van der Waals surface area contributed by atoms with Crippen molar-refractivity contribution in [1.29, 1.82) is 0 Å². The number of halogens is 1. The molecule has 0 N–H and O–H groups in total. The van der Waals surface area contributed by atoms with Crippen LogP contribution in [-0.4, -0.2) is 28.3 Å². The lowest BCUT2D eigenvalue weighted by molar-refractivity contribution is 0.288. The minimum Gasteiger partial charge on any atom is -0.493 e. The highest BCUT2D eigenvalue weighted by Crippen LogP contribution is 2.28. The number of rotatable bonds is 8. The highest BCUT2D eigenvalue weighted by atomic mass is 32.1. The zero-order valence-electron chi connectivity index (χ0n) is 18.2. The molecule has 0 fully saturated rings. The molecule has 33 heavy (non-hydrogen) atoms. The molecule has 0 saturated heterocycles. The average molecular weight is 468 g/mol. The SMILES string of the molecule is CCCCOc1ccc(/C=c2\sc3nc(=O)c(Cc4ccc(F)cc4)nn3c2=O)cc1OC. The number of nitrogens with zero attached hydrogens (tertiary/aromatic N) is 3. The van der Waals surface area contributed by atoms with Crippen molar-refractivity contribution in [1.82, 2.24) is 14.6 Å². The molecule has 0 unspecified atom stereocenters. The molecule has 0 radical (unpaired) electrons. The van der Waals surface area contributed by atoms with E-state index in [1.807, 2.05) is 6.07 Å². The Kier molecular flexibility index (Phi) is 6.79. The number of aromatic nitrogens is 3. The van der Waals surface area contributed by atoms with Crippen molar-refractivity contribution in [3.8, 4) is 11.5 Å². The first-order valence-corrected chi connectivity index (χ1v) is 11.3. The van der Waals surface area contributed by atoms with E-state index in [-0.39, 0.29) is 28.5 Å². The molecule has 4 rings (SSSR count). The number of thiazole rings is 1. The highest BCUT2D eigenvalue weighted by Gasteiger charge is 2.12. The molecular formula is C24H22FN3O4S. The van der Waals surface area contributed by atoms with E-state index in [0.29, 0.717) is 28.2 Å². The van der Waals surface area contributed by atoms with E-state index in [0.717, 1.165) is 34.3 Å². The van der Waals surface area contributed by atoms with Crippen molar-refractivity contribution in [2.24, 2.45) is 0 Å². The lowest BCUT2D eigenvalue weighted by Gasteiger charge is -2.10. The predicted octanol–water partition coefficient (Wildman–Crippen LogP) is 2.98. The van der Waals surface area contributed by atoms with Gasteiger partial charge >= 0.3 is 0 Å². The molecule has 0 bridgehead atoms. The van der Waals surface area contributed by atoms with E-state index < -0.39 is 5.56 Å². The third-order valence-corrected chi connectivity index (χ3v) is 5.94. The number of ether oxygens (including phenoxy) is 2. The summed E-state index contributed by atoms with van der Waals surface area (Å²) in [4.78, 5) is 29.6. The van der Waals surface area contributed by atoms with Crippen LogP contribution in [0.5, 0.6) is 11.5 Å². The van der Waals surface area contributed by atoms with Crippen LogP contribution in [0, 0.1) is 5.82 Å². The number of unbranched alkanes of at least 4 members (excludes halogenated alkanes) is 1. The third-order valence-electron chi connectivity index (χ3n) is 4.98. The van der Waals surface area contributed by atoms with E-state index >= 15 is 0 Å². The summed E-state index contributed by atoms with van der Waals surface area (Å²) in [5, 5.41) is 4.23. The van der Waals surface area contributed by atoms with E-state index in [1.165, 1.54) is 12.1 Å². The van der Waals surface area contributed by atoms with Gasteiger partial charge in [-0.2, -0.15) is 14.6 Å². The van der Waals surface area contributed by atoms with E-state index in [4.69, 9.17) is 9.47 Å². The fourth-order valence-corrected chi connectivity index (χ4v) is 4.12. The lowest BCUT2D eigenvalue weighted by Crippen LogP contribution is -2.28. The van der Waals surface area contributed by atoms with Gasteiger partial charge in [0.1, 0.15) is 11.5 Å². The number of methoxy groups -OCH3 is 1. The molecule has 0 saturated carbocycles. The van der Waals surface area contributed by atoms with Gasteiger partial charge in [-0.1, -0.05) is 42.9 Å². The van der Waals surface area contributed by atoms with Gasteiger partial charge < -0.3 is 9.47 Å². The first-order chi connectivity index (χ1) is 16.0. The van der Waals surface area contributed by atoms with Gasteiger partial charge in [-0.25, -0.2) is 4.39 Å². The third kappa shape index (κ3) is 5.09. The normalized spacial score (nSPS) is 11.8. The van der Waals surface area contributed by atoms with Crippen LogP contribution < -0.4 is 25.1 Å². The summed E-state index contributed by atoms with van der Waals surface area (Å²) in [7, 11) is 1.56. The van der Waals surface area contributed by atoms with Crippen molar-refractivity contribution in [2.75, 3.05) is 13.7 Å². The topological polar surface area (TPSA) is 82.8 Å². The van der Waals surface area contributed by atoms with Gasteiger partial charge in [-0.05, 0) is 47.9 Å². The summed E-state index contributed by atoms with van der Waals surface area (Å²) in [5.41, 5.74) is 0.682. The number of benzene rings is 2.